The Morgan fingerprint density at radius 1 is 1.09 bits per heavy atom. The Hall–Kier alpha value is -2.44. The van der Waals surface area contributed by atoms with Gasteiger partial charge in [0.1, 0.15) is 11.8 Å². The molecule has 2 aromatic rings. The van der Waals surface area contributed by atoms with Gasteiger partial charge in [-0.05, 0) is 87.8 Å². The van der Waals surface area contributed by atoms with E-state index in [1.165, 1.54) is 49.1 Å². The SMILES string of the molecule is O=C(O)[C@@H](c1ccccc1OCC1CC1)N1CC[C@@H](OCCCCc2ccc3c(n2)CCCC3)C1. The van der Waals surface area contributed by atoms with Crippen LogP contribution in [0.4, 0.5) is 0 Å². The van der Waals surface area contributed by atoms with E-state index in [9.17, 15) is 9.90 Å². The number of nitrogens with zero attached hydrogens (tertiary/aromatic N) is 2. The van der Waals surface area contributed by atoms with E-state index in [2.05, 4.69) is 12.1 Å². The van der Waals surface area contributed by atoms with E-state index >= 15 is 0 Å². The summed E-state index contributed by atoms with van der Waals surface area (Å²) in [6, 6.07) is 11.4. The van der Waals surface area contributed by atoms with Gasteiger partial charge in [0.15, 0.2) is 0 Å². The standard InChI is InChI=1S/C29H38N2O4/c32-29(33)28(25-9-2-4-11-27(25)35-20-21-12-13-21)31-17-16-24(19-31)34-18-6-5-8-23-15-14-22-7-1-3-10-26(22)30-23/h2,4,9,11,14-15,21,24,28H,1,3,5-8,10,12-13,16-20H2,(H,32,33)/t24-,28-/m1/s1. The molecule has 6 nitrogen and oxygen atoms in total. The molecule has 2 heterocycles. The average molecular weight is 479 g/mol. The van der Waals surface area contributed by atoms with Crippen LogP contribution >= 0.6 is 0 Å². The van der Waals surface area contributed by atoms with Crippen LogP contribution in [0.1, 0.15) is 73.5 Å². The molecule has 1 N–H and O–H groups in total. The number of aryl methyl sites for hydroxylation is 3. The van der Waals surface area contributed by atoms with Crippen LogP contribution in [0.2, 0.25) is 0 Å². The number of benzene rings is 1. The molecule has 6 heteroatoms. The third-order valence-electron chi connectivity index (χ3n) is 7.58. The summed E-state index contributed by atoms with van der Waals surface area (Å²) in [6.07, 6.45) is 11.3. The quantitative estimate of drug-likeness (QED) is 0.434. The molecular weight excluding hydrogens is 440 g/mol. The molecule has 1 saturated carbocycles. The Labute approximate surface area is 208 Å². The summed E-state index contributed by atoms with van der Waals surface area (Å²) in [6.45, 7) is 2.75. The number of carbonyl (C=O) groups is 1. The maximum Gasteiger partial charge on any atom is 0.325 e. The van der Waals surface area contributed by atoms with Crippen molar-refractivity contribution in [1.29, 1.82) is 0 Å². The Morgan fingerprint density at radius 2 is 1.94 bits per heavy atom. The first-order chi connectivity index (χ1) is 17.2. The number of hydrogen-bond acceptors (Lipinski definition) is 5. The van der Waals surface area contributed by atoms with Crippen molar-refractivity contribution in [3.63, 3.8) is 0 Å². The monoisotopic (exact) mass is 478 g/mol. The zero-order valence-corrected chi connectivity index (χ0v) is 20.7. The van der Waals surface area contributed by atoms with Crippen LogP contribution in [-0.2, 0) is 28.8 Å². The number of unbranched alkanes of at least 4 members (excludes halogenated alkanes) is 1. The van der Waals surface area contributed by atoms with Gasteiger partial charge >= 0.3 is 5.97 Å². The number of carboxylic acids is 1. The van der Waals surface area contributed by atoms with Gasteiger partial charge in [-0.25, -0.2) is 0 Å². The fourth-order valence-electron chi connectivity index (χ4n) is 5.37. The topological polar surface area (TPSA) is 71.9 Å². The fourth-order valence-corrected chi connectivity index (χ4v) is 5.37. The van der Waals surface area contributed by atoms with E-state index in [1.807, 2.05) is 29.2 Å². The Bertz CT molecular complexity index is 1010. The second-order valence-electron chi connectivity index (χ2n) is 10.4. The van der Waals surface area contributed by atoms with Gasteiger partial charge in [-0.3, -0.25) is 14.7 Å². The predicted molar refractivity (Wildman–Crippen MR) is 135 cm³/mol. The van der Waals surface area contributed by atoms with E-state index in [0.29, 0.717) is 31.4 Å². The summed E-state index contributed by atoms with van der Waals surface area (Å²) in [5.41, 5.74) is 4.69. The summed E-state index contributed by atoms with van der Waals surface area (Å²) in [7, 11) is 0. The first-order valence-corrected chi connectivity index (χ1v) is 13.5. The van der Waals surface area contributed by atoms with Crippen molar-refractivity contribution in [2.24, 2.45) is 5.92 Å². The second kappa shape index (κ2) is 11.5. The highest BCUT2D eigenvalue weighted by atomic mass is 16.5. The van der Waals surface area contributed by atoms with Gasteiger partial charge in [0, 0.05) is 36.6 Å². The Balaban J connectivity index is 1.08. The van der Waals surface area contributed by atoms with Crippen LogP contribution in [-0.4, -0.2) is 53.4 Å². The number of pyridine rings is 1. The molecule has 0 bridgehead atoms. The lowest BCUT2D eigenvalue weighted by molar-refractivity contribution is -0.143. The van der Waals surface area contributed by atoms with Crippen molar-refractivity contribution in [3.05, 3.63) is 58.9 Å². The van der Waals surface area contributed by atoms with Gasteiger partial charge in [-0.2, -0.15) is 0 Å². The molecule has 1 saturated heterocycles. The minimum Gasteiger partial charge on any atom is -0.493 e. The summed E-state index contributed by atoms with van der Waals surface area (Å²) < 4.78 is 12.2. The lowest BCUT2D eigenvalue weighted by Crippen LogP contribution is -2.33. The van der Waals surface area contributed by atoms with Gasteiger partial charge in [-0.15, -0.1) is 0 Å². The number of para-hydroxylation sites is 1. The van der Waals surface area contributed by atoms with Crippen molar-refractivity contribution >= 4 is 5.97 Å². The molecule has 0 spiro atoms. The number of aliphatic carboxylic acids is 1. The van der Waals surface area contributed by atoms with Gasteiger partial charge in [-0.1, -0.05) is 24.3 Å². The minimum atomic E-state index is -0.828. The number of rotatable bonds is 12. The number of ether oxygens (including phenoxy) is 2. The number of carboxylic acid groups (broad SMARTS) is 1. The lowest BCUT2D eigenvalue weighted by Gasteiger charge is -2.26. The van der Waals surface area contributed by atoms with E-state index in [-0.39, 0.29) is 6.10 Å². The minimum absolute atomic E-state index is 0.0817. The van der Waals surface area contributed by atoms with Crippen molar-refractivity contribution < 1.29 is 19.4 Å². The Morgan fingerprint density at radius 3 is 2.80 bits per heavy atom. The molecular formula is C29H38N2O4. The number of aromatic nitrogens is 1. The molecule has 0 unspecified atom stereocenters. The average Bonchev–Trinajstić information content (AvgIpc) is 3.60. The summed E-state index contributed by atoms with van der Waals surface area (Å²) >= 11 is 0. The van der Waals surface area contributed by atoms with Gasteiger partial charge in [0.2, 0.25) is 0 Å². The molecule has 2 aliphatic carbocycles. The van der Waals surface area contributed by atoms with Gasteiger partial charge < -0.3 is 14.6 Å². The summed E-state index contributed by atoms with van der Waals surface area (Å²) in [5, 5.41) is 10.1. The first kappa shape index (κ1) is 24.3. The summed E-state index contributed by atoms with van der Waals surface area (Å²) in [4.78, 5) is 19.2. The van der Waals surface area contributed by atoms with Gasteiger partial charge in [0.05, 0.1) is 12.7 Å². The number of fused-ring (bicyclic) bond motifs is 1. The smallest absolute Gasteiger partial charge is 0.325 e. The van der Waals surface area contributed by atoms with Crippen molar-refractivity contribution in [2.45, 2.75) is 76.4 Å². The molecule has 188 valence electrons. The molecule has 35 heavy (non-hydrogen) atoms. The normalized spacial score (nSPS) is 21.0. The maximum atomic E-state index is 12.3. The molecule has 2 fully saturated rings. The lowest BCUT2D eigenvalue weighted by atomic mass is 9.95. The maximum absolute atomic E-state index is 12.3. The molecule has 2 atom stereocenters. The Kier molecular flexibility index (Phi) is 7.99. The highest BCUT2D eigenvalue weighted by molar-refractivity contribution is 5.76. The van der Waals surface area contributed by atoms with Crippen molar-refractivity contribution in [2.75, 3.05) is 26.3 Å². The largest absolute Gasteiger partial charge is 0.493 e. The molecule has 5 rings (SSSR count). The van der Waals surface area contributed by atoms with E-state index in [1.54, 1.807) is 0 Å². The van der Waals surface area contributed by atoms with E-state index in [4.69, 9.17) is 14.5 Å². The first-order valence-electron chi connectivity index (χ1n) is 13.5. The molecule has 1 aliphatic heterocycles. The zero-order valence-electron chi connectivity index (χ0n) is 20.7. The van der Waals surface area contributed by atoms with Crippen molar-refractivity contribution in [3.8, 4) is 5.75 Å². The van der Waals surface area contributed by atoms with Crippen LogP contribution in [0.3, 0.4) is 0 Å². The molecule has 1 aromatic carbocycles. The number of likely N-dealkylation sites (tertiary alicyclic amines) is 1. The van der Waals surface area contributed by atoms with E-state index in [0.717, 1.165) is 44.2 Å². The van der Waals surface area contributed by atoms with Crippen LogP contribution in [0, 0.1) is 5.92 Å². The third kappa shape index (κ3) is 6.42. The highest BCUT2D eigenvalue weighted by Gasteiger charge is 2.35. The summed E-state index contributed by atoms with van der Waals surface area (Å²) in [5.74, 6) is 0.497. The van der Waals surface area contributed by atoms with Gasteiger partial charge in [0.25, 0.3) is 0 Å². The van der Waals surface area contributed by atoms with Crippen LogP contribution in [0.25, 0.3) is 0 Å². The van der Waals surface area contributed by atoms with Crippen LogP contribution in [0.15, 0.2) is 36.4 Å². The molecule has 3 aliphatic rings. The third-order valence-corrected chi connectivity index (χ3v) is 7.58. The molecule has 0 amide bonds. The highest BCUT2D eigenvalue weighted by Crippen LogP contribution is 2.35. The van der Waals surface area contributed by atoms with Crippen LogP contribution in [0.5, 0.6) is 5.75 Å². The second-order valence-corrected chi connectivity index (χ2v) is 10.4. The number of hydrogen-bond donors (Lipinski definition) is 1. The fraction of sp³-hybridized carbons (Fsp3) is 0.586. The zero-order chi connectivity index (χ0) is 24.0. The van der Waals surface area contributed by atoms with E-state index < -0.39 is 12.0 Å². The molecule has 0 radical (unpaired) electrons. The predicted octanol–water partition coefficient (Wildman–Crippen LogP) is 4.99. The van der Waals surface area contributed by atoms with Crippen LogP contribution < -0.4 is 4.74 Å². The molecule has 1 aromatic heterocycles. The van der Waals surface area contributed by atoms with Crippen molar-refractivity contribution in [1.82, 2.24) is 9.88 Å².